The van der Waals surface area contributed by atoms with Crippen molar-refractivity contribution in [3.63, 3.8) is 0 Å². The first kappa shape index (κ1) is 13.8. The number of nitrogens with zero attached hydrogens (tertiary/aromatic N) is 1. The van der Waals surface area contributed by atoms with Crippen LogP contribution in [-0.4, -0.2) is 28.1 Å². The van der Waals surface area contributed by atoms with Gasteiger partial charge in [0.1, 0.15) is 6.10 Å². The first-order chi connectivity index (χ1) is 7.73. The van der Waals surface area contributed by atoms with Crippen LogP contribution in [-0.2, 0) is 9.53 Å². The van der Waals surface area contributed by atoms with E-state index in [1.54, 1.807) is 0 Å². The van der Waals surface area contributed by atoms with Gasteiger partial charge in [0.15, 0.2) is 0 Å². The van der Waals surface area contributed by atoms with E-state index < -0.39 is 0 Å². The van der Waals surface area contributed by atoms with Crippen molar-refractivity contribution in [3.8, 4) is 0 Å². The second-order valence-corrected chi connectivity index (χ2v) is 5.85. The third kappa shape index (κ3) is 2.90. The van der Waals surface area contributed by atoms with E-state index in [0.29, 0.717) is 0 Å². The van der Waals surface area contributed by atoms with E-state index in [9.17, 15) is 4.79 Å². The molecule has 0 aromatic heterocycles. The van der Waals surface area contributed by atoms with Gasteiger partial charge in [-0.15, -0.1) is 0 Å². The van der Waals surface area contributed by atoms with Crippen LogP contribution in [0.3, 0.4) is 0 Å². The minimum atomic E-state index is -0.339. The molecule has 1 rings (SSSR count). The van der Waals surface area contributed by atoms with Gasteiger partial charge in [0, 0.05) is 30.0 Å². The van der Waals surface area contributed by atoms with Gasteiger partial charge in [-0.2, -0.15) is 0 Å². The SMILES string of the molecule is C=CC(=O)OC1CC(C)(C)N(C=C)C(C)(C)C1. The van der Waals surface area contributed by atoms with E-state index in [1.165, 1.54) is 6.08 Å². The summed E-state index contributed by atoms with van der Waals surface area (Å²) in [5.41, 5.74) is -0.120. The molecule has 0 amide bonds. The Labute approximate surface area is 104 Å². The molecule has 0 aromatic carbocycles. The van der Waals surface area contributed by atoms with Crippen LogP contribution in [0.1, 0.15) is 40.5 Å². The maximum absolute atomic E-state index is 11.3. The van der Waals surface area contributed by atoms with Crippen molar-refractivity contribution < 1.29 is 9.53 Å². The fourth-order valence-corrected chi connectivity index (χ4v) is 2.99. The van der Waals surface area contributed by atoms with Crippen LogP contribution in [0.25, 0.3) is 0 Å². The molecule has 1 heterocycles. The Morgan fingerprint density at radius 1 is 1.24 bits per heavy atom. The predicted molar refractivity (Wildman–Crippen MR) is 69.5 cm³/mol. The second kappa shape index (κ2) is 4.55. The Morgan fingerprint density at radius 2 is 1.71 bits per heavy atom. The van der Waals surface area contributed by atoms with Gasteiger partial charge < -0.3 is 9.64 Å². The smallest absolute Gasteiger partial charge is 0.330 e. The molecule has 0 aromatic rings. The fraction of sp³-hybridized carbons (Fsp3) is 0.643. The maximum atomic E-state index is 11.3. The van der Waals surface area contributed by atoms with E-state index in [2.05, 4.69) is 45.8 Å². The molecule has 3 nitrogen and oxygen atoms in total. The van der Waals surface area contributed by atoms with Gasteiger partial charge in [-0.3, -0.25) is 0 Å². The summed E-state index contributed by atoms with van der Waals surface area (Å²) in [5, 5.41) is 0. The second-order valence-electron chi connectivity index (χ2n) is 5.85. The highest BCUT2D eigenvalue weighted by Gasteiger charge is 2.44. The molecular formula is C14H23NO2. The maximum Gasteiger partial charge on any atom is 0.330 e. The molecular weight excluding hydrogens is 214 g/mol. The van der Waals surface area contributed by atoms with Crippen LogP contribution in [0.15, 0.2) is 25.4 Å². The Hall–Kier alpha value is -1.25. The van der Waals surface area contributed by atoms with Crippen molar-refractivity contribution >= 4 is 5.97 Å². The molecule has 96 valence electrons. The Bertz CT molecular complexity index is 313. The number of carbonyl (C=O) groups is 1. The van der Waals surface area contributed by atoms with Gasteiger partial charge in [0.05, 0.1) is 0 Å². The molecule has 0 radical (unpaired) electrons. The molecule has 3 heteroatoms. The zero-order valence-corrected chi connectivity index (χ0v) is 11.3. The molecule has 0 unspecified atom stereocenters. The van der Waals surface area contributed by atoms with Gasteiger partial charge >= 0.3 is 5.97 Å². The monoisotopic (exact) mass is 237 g/mol. The lowest BCUT2D eigenvalue weighted by Gasteiger charge is -2.54. The average Bonchev–Trinajstić information content (AvgIpc) is 2.14. The molecule has 17 heavy (non-hydrogen) atoms. The predicted octanol–water partition coefficient (Wildman–Crippen LogP) is 2.88. The normalized spacial score (nSPS) is 22.9. The summed E-state index contributed by atoms with van der Waals surface area (Å²) >= 11 is 0. The summed E-state index contributed by atoms with van der Waals surface area (Å²) in [7, 11) is 0. The quantitative estimate of drug-likeness (QED) is 0.558. The average molecular weight is 237 g/mol. The first-order valence-electron chi connectivity index (χ1n) is 5.98. The Balaban J connectivity index is 2.87. The van der Waals surface area contributed by atoms with Crippen LogP contribution in [0.5, 0.6) is 0 Å². The van der Waals surface area contributed by atoms with Crippen LogP contribution in [0.4, 0.5) is 0 Å². The number of likely N-dealkylation sites (tertiary alicyclic amines) is 1. The van der Waals surface area contributed by atoms with Gasteiger partial charge in [-0.25, -0.2) is 4.79 Å². The number of piperidine rings is 1. The van der Waals surface area contributed by atoms with E-state index in [0.717, 1.165) is 12.8 Å². The molecule has 0 saturated carbocycles. The largest absolute Gasteiger partial charge is 0.459 e. The highest BCUT2D eigenvalue weighted by Crippen LogP contribution is 2.39. The van der Waals surface area contributed by atoms with Crippen molar-refractivity contribution in [2.45, 2.75) is 57.7 Å². The Morgan fingerprint density at radius 3 is 2.06 bits per heavy atom. The van der Waals surface area contributed by atoms with E-state index in [4.69, 9.17) is 4.74 Å². The fourth-order valence-electron chi connectivity index (χ4n) is 2.99. The summed E-state index contributed by atoms with van der Waals surface area (Å²) in [6, 6.07) is 0. The number of hydrogen-bond acceptors (Lipinski definition) is 3. The van der Waals surface area contributed by atoms with E-state index in [1.807, 2.05) is 6.20 Å². The highest BCUT2D eigenvalue weighted by atomic mass is 16.5. The van der Waals surface area contributed by atoms with Crippen LogP contribution >= 0.6 is 0 Å². The zero-order chi connectivity index (χ0) is 13.3. The van der Waals surface area contributed by atoms with Crippen LogP contribution in [0, 0.1) is 0 Å². The molecule has 0 bridgehead atoms. The van der Waals surface area contributed by atoms with Crippen LogP contribution in [0.2, 0.25) is 0 Å². The lowest BCUT2D eigenvalue weighted by Crippen LogP contribution is -2.59. The lowest BCUT2D eigenvalue weighted by molar-refractivity contribution is -0.151. The van der Waals surface area contributed by atoms with Gasteiger partial charge in [0.2, 0.25) is 0 Å². The molecule has 0 aliphatic carbocycles. The van der Waals surface area contributed by atoms with Crippen molar-refractivity contribution in [3.05, 3.63) is 25.4 Å². The third-order valence-corrected chi connectivity index (χ3v) is 3.39. The first-order valence-corrected chi connectivity index (χ1v) is 5.98. The highest BCUT2D eigenvalue weighted by molar-refractivity contribution is 5.81. The summed E-state index contributed by atoms with van der Waals surface area (Å²) in [6.45, 7) is 15.9. The molecule has 1 fully saturated rings. The van der Waals surface area contributed by atoms with Gasteiger partial charge in [-0.05, 0) is 33.9 Å². The van der Waals surface area contributed by atoms with Crippen LogP contribution < -0.4 is 0 Å². The minimum absolute atomic E-state index is 0.0540. The third-order valence-electron chi connectivity index (χ3n) is 3.39. The molecule has 0 N–H and O–H groups in total. The van der Waals surface area contributed by atoms with Gasteiger partial charge in [-0.1, -0.05) is 13.2 Å². The number of carbonyl (C=O) groups excluding carboxylic acids is 1. The summed E-state index contributed by atoms with van der Waals surface area (Å²) in [6.07, 6.45) is 4.66. The topological polar surface area (TPSA) is 29.5 Å². The molecule has 1 saturated heterocycles. The zero-order valence-electron chi connectivity index (χ0n) is 11.3. The molecule has 0 spiro atoms. The van der Waals surface area contributed by atoms with E-state index in [-0.39, 0.29) is 23.2 Å². The summed E-state index contributed by atoms with van der Waals surface area (Å²) in [5.74, 6) is -0.339. The number of esters is 1. The standard InChI is InChI=1S/C14H23NO2/c1-7-12(16)17-11-9-13(3,4)15(8-2)14(5,6)10-11/h7-8,11H,1-2,9-10H2,3-6H3. The number of ether oxygens (including phenoxy) is 1. The molecule has 1 aliphatic rings. The van der Waals surface area contributed by atoms with Crippen molar-refractivity contribution in [1.29, 1.82) is 0 Å². The summed E-state index contributed by atoms with van der Waals surface area (Å²) < 4.78 is 5.39. The lowest BCUT2D eigenvalue weighted by atomic mass is 9.78. The molecule has 1 aliphatic heterocycles. The van der Waals surface area contributed by atoms with E-state index >= 15 is 0 Å². The van der Waals surface area contributed by atoms with Crippen molar-refractivity contribution in [1.82, 2.24) is 4.90 Å². The number of hydrogen-bond donors (Lipinski definition) is 0. The Kier molecular flexibility index (Phi) is 3.70. The minimum Gasteiger partial charge on any atom is -0.459 e. The summed E-state index contributed by atoms with van der Waals surface area (Å²) in [4.78, 5) is 13.5. The molecule has 0 atom stereocenters. The van der Waals surface area contributed by atoms with Gasteiger partial charge in [0.25, 0.3) is 0 Å². The number of rotatable bonds is 3. The van der Waals surface area contributed by atoms with Crippen molar-refractivity contribution in [2.24, 2.45) is 0 Å². The van der Waals surface area contributed by atoms with Crippen molar-refractivity contribution in [2.75, 3.05) is 0 Å².